The summed E-state index contributed by atoms with van der Waals surface area (Å²) in [5.41, 5.74) is 1.51. The molecule has 0 atom stereocenters. The van der Waals surface area contributed by atoms with Crippen LogP contribution in [0.1, 0.15) is 28.7 Å². The standard InChI is InChI=1S/C12H12FN3O/c1-8-12(9(2)17)14-15-16(8)7-10-5-3-4-6-11(10)13/h3-6H,7H2,1-2H3. The fraction of sp³-hybridized carbons (Fsp3) is 0.250. The Kier molecular flexibility index (Phi) is 2.99. The van der Waals surface area contributed by atoms with Gasteiger partial charge in [0.2, 0.25) is 0 Å². The minimum atomic E-state index is -0.285. The first-order valence-electron chi connectivity index (χ1n) is 5.24. The molecule has 0 aliphatic carbocycles. The molecule has 1 aromatic heterocycles. The third-order valence-electron chi connectivity index (χ3n) is 2.59. The Bertz CT molecular complexity index is 563. The van der Waals surface area contributed by atoms with Crippen molar-refractivity contribution in [2.45, 2.75) is 20.4 Å². The van der Waals surface area contributed by atoms with Gasteiger partial charge in [-0.15, -0.1) is 5.10 Å². The van der Waals surface area contributed by atoms with E-state index in [1.165, 1.54) is 17.7 Å². The second kappa shape index (κ2) is 4.45. The number of hydrogen-bond donors (Lipinski definition) is 0. The van der Waals surface area contributed by atoms with Crippen LogP contribution in [0.4, 0.5) is 4.39 Å². The van der Waals surface area contributed by atoms with Gasteiger partial charge in [-0.25, -0.2) is 9.07 Å². The van der Waals surface area contributed by atoms with Gasteiger partial charge >= 0.3 is 0 Å². The highest BCUT2D eigenvalue weighted by Crippen LogP contribution is 2.11. The normalized spacial score (nSPS) is 10.5. The van der Waals surface area contributed by atoms with Crippen LogP contribution in [0, 0.1) is 12.7 Å². The minimum Gasteiger partial charge on any atom is -0.293 e. The number of hydrogen-bond acceptors (Lipinski definition) is 3. The van der Waals surface area contributed by atoms with E-state index in [1.54, 1.807) is 25.1 Å². The monoisotopic (exact) mass is 233 g/mol. The Hall–Kier alpha value is -2.04. The Morgan fingerprint density at radius 3 is 2.71 bits per heavy atom. The number of ketones is 1. The maximum atomic E-state index is 13.4. The molecule has 2 aromatic rings. The molecule has 0 fully saturated rings. The van der Waals surface area contributed by atoms with Crippen LogP contribution in [0.3, 0.4) is 0 Å². The van der Waals surface area contributed by atoms with Crippen LogP contribution >= 0.6 is 0 Å². The van der Waals surface area contributed by atoms with E-state index in [4.69, 9.17) is 0 Å². The van der Waals surface area contributed by atoms with Crippen molar-refractivity contribution in [3.05, 3.63) is 47.0 Å². The number of Topliss-reactive ketones (excluding diaryl/α,β-unsaturated/α-hetero) is 1. The van der Waals surface area contributed by atoms with Gasteiger partial charge in [0.05, 0.1) is 12.2 Å². The number of carbonyl (C=O) groups excluding carboxylic acids is 1. The van der Waals surface area contributed by atoms with E-state index in [0.29, 0.717) is 17.0 Å². The highest BCUT2D eigenvalue weighted by Gasteiger charge is 2.13. The molecule has 1 aromatic carbocycles. The Morgan fingerprint density at radius 2 is 2.12 bits per heavy atom. The van der Waals surface area contributed by atoms with Gasteiger partial charge in [-0.2, -0.15) is 0 Å². The van der Waals surface area contributed by atoms with Crippen LogP contribution < -0.4 is 0 Å². The van der Waals surface area contributed by atoms with Crippen molar-refractivity contribution in [2.75, 3.05) is 0 Å². The quantitative estimate of drug-likeness (QED) is 0.761. The number of halogens is 1. The zero-order valence-corrected chi connectivity index (χ0v) is 9.64. The van der Waals surface area contributed by atoms with Crippen LogP contribution in [-0.4, -0.2) is 20.8 Å². The molecule has 1 heterocycles. The third kappa shape index (κ3) is 2.22. The first kappa shape index (κ1) is 11.4. The summed E-state index contributed by atoms with van der Waals surface area (Å²) in [7, 11) is 0. The fourth-order valence-corrected chi connectivity index (χ4v) is 1.62. The van der Waals surface area contributed by atoms with Crippen LogP contribution in [-0.2, 0) is 6.54 Å². The summed E-state index contributed by atoms with van der Waals surface area (Å²) in [4.78, 5) is 11.2. The lowest BCUT2D eigenvalue weighted by Crippen LogP contribution is -2.06. The van der Waals surface area contributed by atoms with E-state index in [0.717, 1.165) is 0 Å². The van der Waals surface area contributed by atoms with Crippen molar-refractivity contribution in [1.82, 2.24) is 15.0 Å². The van der Waals surface area contributed by atoms with Crippen molar-refractivity contribution in [3.63, 3.8) is 0 Å². The minimum absolute atomic E-state index is 0.137. The molecule has 0 unspecified atom stereocenters. The summed E-state index contributed by atoms with van der Waals surface area (Å²) >= 11 is 0. The predicted molar refractivity (Wildman–Crippen MR) is 60.3 cm³/mol. The van der Waals surface area contributed by atoms with Gasteiger partial charge in [0.15, 0.2) is 11.5 Å². The molecule has 0 saturated carbocycles. The zero-order valence-electron chi connectivity index (χ0n) is 9.64. The highest BCUT2D eigenvalue weighted by atomic mass is 19.1. The Labute approximate surface area is 98.1 Å². The first-order chi connectivity index (χ1) is 8.09. The lowest BCUT2D eigenvalue weighted by Gasteiger charge is -2.04. The number of rotatable bonds is 3. The maximum Gasteiger partial charge on any atom is 0.181 e. The molecule has 0 N–H and O–H groups in total. The van der Waals surface area contributed by atoms with Crippen molar-refractivity contribution < 1.29 is 9.18 Å². The fourth-order valence-electron chi connectivity index (χ4n) is 1.62. The van der Waals surface area contributed by atoms with Gasteiger partial charge in [-0.1, -0.05) is 23.4 Å². The average molecular weight is 233 g/mol. The van der Waals surface area contributed by atoms with E-state index in [1.807, 2.05) is 0 Å². The smallest absolute Gasteiger partial charge is 0.181 e. The molecule has 2 rings (SSSR count). The molecule has 0 aliphatic heterocycles. The molecule has 4 nitrogen and oxygen atoms in total. The summed E-state index contributed by atoms with van der Waals surface area (Å²) in [6.45, 7) is 3.46. The topological polar surface area (TPSA) is 47.8 Å². The lowest BCUT2D eigenvalue weighted by atomic mass is 10.2. The molecule has 0 radical (unpaired) electrons. The van der Waals surface area contributed by atoms with Crippen LogP contribution in [0.25, 0.3) is 0 Å². The van der Waals surface area contributed by atoms with Crippen molar-refractivity contribution in [2.24, 2.45) is 0 Å². The first-order valence-corrected chi connectivity index (χ1v) is 5.24. The second-order valence-electron chi connectivity index (χ2n) is 3.83. The molecule has 0 aliphatic rings. The maximum absolute atomic E-state index is 13.4. The van der Waals surface area contributed by atoms with Crippen LogP contribution in [0.15, 0.2) is 24.3 Å². The Morgan fingerprint density at radius 1 is 1.41 bits per heavy atom. The van der Waals surface area contributed by atoms with Gasteiger partial charge in [0.25, 0.3) is 0 Å². The van der Waals surface area contributed by atoms with Crippen molar-refractivity contribution >= 4 is 5.78 Å². The molecular formula is C12H12FN3O. The molecule has 88 valence electrons. The molecular weight excluding hydrogens is 221 g/mol. The molecule has 0 saturated heterocycles. The van der Waals surface area contributed by atoms with Crippen molar-refractivity contribution in [1.29, 1.82) is 0 Å². The highest BCUT2D eigenvalue weighted by molar-refractivity contribution is 5.92. The number of aromatic nitrogens is 3. The van der Waals surface area contributed by atoms with Crippen molar-refractivity contribution in [3.8, 4) is 0 Å². The van der Waals surface area contributed by atoms with E-state index in [2.05, 4.69) is 10.3 Å². The Balaban J connectivity index is 2.31. The predicted octanol–water partition coefficient (Wildman–Crippen LogP) is 1.98. The SMILES string of the molecule is CC(=O)c1nnn(Cc2ccccc2F)c1C. The van der Waals surface area contributed by atoms with Gasteiger partial charge in [0.1, 0.15) is 5.82 Å². The molecule has 17 heavy (non-hydrogen) atoms. The van der Waals surface area contributed by atoms with Gasteiger partial charge in [-0.3, -0.25) is 4.79 Å². The van der Waals surface area contributed by atoms with E-state index in [-0.39, 0.29) is 18.1 Å². The van der Waals surface area contributed by atoms with E-state index >= 15 is 0 Å². The number of nitrogens with zero attached hydrogens (tertiary/aromatic N) is 3. The molecule has 0 bridgehead atoms. The van der Waals surface area contributed by atoms with E-state index < -0.39 is 0 Å². The summed E-state index contributed by atoms with van der Waals surface area (Å²) in [6, 6.07) is 6.47. The summed E-state index contributed by atoms with van der Waals surface area (Å²) in [5, 5.41) is 7.63. The van der Waals surface area contributed by atoms with E-state index in [9.17, 15) is 9.18 Å². The van der Waals surface area contributed by atoms with Crippen LogP contribution in [0.2, 0.25) is 0 Å². The van der Waals surface area contributed by atoms with Gasteiger partial charge in [-0.05, 0) is 13.0 Å². The average Bonchev–Trinajstić information content (AvgIpc) is 2.64. The summed E-state index contributed by atoms with van der Waals surface area (Å²) < 4.78 is 15.0. The third-order valence-corrected chi connectivity index (χ3v) is 2.59. The zero-order chi connectivity index (χ0) is 12.4. The second-order valence-corrected chi connectivity index (χ2v) is 3.83. The van der Waals surface area contributed by atoms with Gasteiger partial charge < -0.3 is 0 Å². The number of carbonyl (C=O) groups is 1. The van der Waals surface area contributed by atoms with Gasteiger partial charge in [0, 0.05) is 12.5 Å². The lowest BCUT2D eigenvalue weighted by molar-refractivity contribution is 0.101. The summed E-state index contributed by atoms with van der Waals surface area (Å²) in [6.07, 6.45) is 0. The van der Waals surface area contributed by atoms with Crippen LogP contribution in [0.5, 0.6) is 0 Å². The molecule has 0 spiro atoms. The number of benzene rings is 1. The molecule has 0 amide bonds. The largest absolute Gasteiger partial charge is 0.293 e. The summed E-state index contributed by atoms with van der Waals surface area (Å²) in [5.74, 6) is -0.422. The molecule has 5 heteroatoms.